The Morgan fingerprint density at radius 2 is 1.77 bits per heavy atom. The first-order chi connectivity index (χ1) is 14.5. The van der Waals surface area contributed by atoms with Crippen molar-refractivity contribution in [1.29, 1.82) is 0 Å². The van der Waals surface area contributed by atoms with Crippen molar-refractivity contribution in [2.24, 2.45) is 0 Å². The fourth-order valence-corrected chi connectivity index (χ4v) is 3.91. The number of halogens is 5. The highest BCUT2D eigenvalue weighted by molar-refractivity contribution is 6.35. The molecule has 1 aliphatic rings. The zero-order chi connectivity index (χ0) is 22.9. The summed E-state index contributed by atoms with van der Waals surface area (Å²) in [5, 5.41) is 15.4. The van der Waals surface area contributed by atoms with E-state index < -0.39 is 34.9 Å². The molecule has 1 aromatic heterocycles. The smallest absolute Gasteiger partial charge is 0.339 e. The van der Waals surface area contributed by atoms with Crippen LogP contribution in [0.3, 0.4) is 0 Å². The van der Waals surface area contributed by atoms with Crippen LogP contribution >= 0.6 is 23.2 Å². The standard InChI is InChI=1S/C18H18Cl2F3N5O3/c1-11-16(28(30)31)17(18(21,22)23)24-27(11)10-15(29)26-7-5-25(6-8-26)9-12-13(19)3-2-4-14(12)20/h2-4H,5-10H2,1H3. The van der Waals surface area contributed by atoms with Gasteiger partial charge in [-0.1, -0.05) is 29.3 Å². The van der Waals surface area contributed by atoms with Crippen LogP contribution in [0.4, 0.5) is 18.9 Å². The van der Waals surface area contributed by atoms with E-state index in [9.17, 15) is 28.1 Å². The van der Waals surface area contributed by atoms with Gasteiger partial charge in [0, 0.05) is 48.3 Å². The van der Waals surface area contributed by atoms with E-state index in [-0.39, 0.29) is 5.69 Å². The van der Waals surface area contributed by atoms with E-state index >= 15 is 0 Å². The van der Waals surface area contributed by atoms with Crippen LogP contribution in [0.2, 0.25) is 10.0 Å². The minimum absolute atomic E-state index is 0.322. The van der Waals surface area contributed by atoms with Gasteiger partial charge in [0.1, 0.15) is 12.2 Å². The monoisotopic (exact) mass is 479 g/mol. The summed E-state index contributed by atoms with van der Waals surface area (Å²) >= 11 is 12.4. The maximum absolute atomic E-state index is 13.1. The molecule has 1 saturated heterocycles. The number of hydrogen-bond acceptors (Lipinski definition) is 5. The predicted molar refractivity (Wildman–Crippen MR) is 107 cm³/mol. The lowest BCUT2D eigenvalue weighted by atomic mass is 10.2. The second-order valence-corrected chi connectivity index (χ2v) is 7.87. The summed E-state index contributed by atoms with van der Waals surface area (Å²) in [5.74, 6) is -0.468. The molecule has 168 valence electrons. The summed E-state index contributed by atoms with van der Waals surface area (Å²) in [4.78, 5) is 26.1. The van der Waals surface area contributed by atoms with Crippen LogP contribution < -0.4 is 0 Å². The fourth-order valence-electron chi connectivity index (χ4n) is 3.39. The highest BCUT2D eigenvalue weighted by Gasteiger charge is 2.44. The van der Waals surface area contributed by atoms with Gasteiger partial charge in [-0.2, -0.15) is 18.3 Å². The van der Waals surface area contributed by atoms with Crippen molar-refractivity contribution in [1.82, 2.24) is 19.6 Å². The average molecular weight is 480 g/mol. The van der Waals surface area contributed by atoms with Gasteiger partial charge in [-0.3, -0.25) is 24.5 Å². The minimum Gasteiger partial charge on any atom is -0.339 e. The van der Waals surface area contributed by atoms with Crippen LogP contribution in [0.15, 0.2) is 18.2 Å². The van der Waals surface area contributed by atoms with Gasteiger partial charge < -0.3 is 4.90 Å². The normalized spacial score (nSPS) is 15.4. The molecule has 0 saturated carbocycles. The summed E-state index contributed by atoms with van der Waals surface area (Å²) in [6.45, 7) is 2.83. The lowest BCUT2D eigenvalue weighted by molar-refractivity contribution is -0.388. The first kappa shape index (κ1) is 23.3. The number of aromatic nitrogens is 2. The SMILES string of the molecule is Cc1c([N+](=O)[O-])c(C(F)(F)F)nn1CC(=O)N1CCN(Cc2c(Cl)cccc2Cl)CC1. The van der Waals surface area contributed by atoms with Gasteiger partial charge >= 0.3 is 11.9 Å². The van der Waals surface area contributed by atoms with Crippen LogP contribution in [0.1, 0.15) is 17.0 Å². The number of amides is 1. The lowest BCUT2D eigenvalue weighted by Crippen LogP contribution is -2.49. The molecule has 13 heteroatoms. The van der Waals surface area contributed by atoms with Crippen LogP contribution in [-0.4, -0.2) is 56.6 Å². The third-order valence-corrected chi connectivity index (χ3v) is 5.79. The molecule has 0 unspecified atom stereocenters. The fraction of sp³-hybridized carbons (Fsp3) is 0.444. The summed E-state index contributed by atoms with van der Waals surface area (Å²) in [6, 6.07) is 5.23. The molecule has 8 nitrogen and oxygen atoms in total. The number of carbonyl (C=O) groups is 1. The van der Waals surface area contributed by atoms with Crippen molar-refractivity contribution in [3.05, 3.63) is 55.3 Å². The Labute approximate surface area is 185 Å². The van der Waals surface area contributed by atoms with Crippen molar-refractivity contribution in [3.8, 4) is 0 Å². The largest absolute Gasteiger partial charge is 0.442 e. The van der Waals surface area contributed by atoms with Crippen molar-refractivity contribution < 1.29 is 22.9 Å². The molecule has 2 aromatic rings. The average Bonchev–Trinajstić information content (AvgIpc) is 3.02. The maximum atomic E-state index is 13.1. The maximum Gasteiger partial charge on any atom is 0.442 e. The zero-order valence-corrected chi connectivity index (χ0v) is 17.8. The molecule has 3 rings (SSSR count). The van der Waals surface area contributed by atoms with E-state index in [4.69, 9.17) is 23.2 Å². The number of nitrogens with zero attached hydrogens (tertiary/aromatic N) is 5. The van der Waals surface area contributed by atoms with Crippen molar-refractivity contribution in [3.63, 3.8) is 0 Å². The van der Waals surface area contributed by atoms with Gasteiger partial charge in [0.15, 0.2) is 0 Å². The second-order valence-electron chi connectivity index (χ2n) is 7.05. The molecule has 1 fully saturated rings. The molecule has 0 aliphatic carbocycles. The van der Waals surface area contributed by atoms with E-state index in [1.807, 2.05) is 0 Å². The Morgan fingerprint density at radius 1 is 1.19 bits per heavy atom. The first-order valence-electron chi connectivity index (χ1n) is 9.21. The van der Waals surface area contributed by atoms with Gasteiger partial charge in [0.25, 0.3) is 0 Å². The van der Waals surface area contributed by atoms with Gasteiger partial charge in [-0.05, 0) is 19.1 Å². The number of benzene rings is 1. The summed E-state index contributed by atoms with van der Waals surface area (Å²) < 4.78 is 40.0. The number of piperazine rings is 1. The van der Waals surface area contributed by atoms with E-state index in [0.717, 1.165) is 17.2 Å². The first-order valence-corrected chi connectivity index (χ1v) is 9.96. The summed E-state index contributed by atoms with van der Waals surface area (Å²) in [7, 11) is 0. The zero-order valence-electron chi connectivity index (χ0n) is 16.3. The molecule has 1 aromatic carbocycles. The molecule has 0 N–H and O–H groups in total. The van der Waals surface area contributed by atoms with Crippen molar-refractivity contribution in [2.45, 2.75) is 26.2 Å². The van der Waals surface area contributed by atoms with Crippen LogP contribution in [0.25, 0.3) is 0 Å². The Kier molecular flexibility index (Phi) is 6.77. The van der Waals surface area contributed by atoms with E-state index in [0.29, 0.717) is 42.8 Å². The van der Waals surface area contributed by atoms with Crippen LogP contribution in [0.5, 0.6) is 0 Å². The number of nitro groups is 1. The molecule has 0 radical (unpaired) electrons. The van der Waals surface area contributed by atoms with Gasteiger partial charge in [-0.25, -0.2) is 0 Å². The number of hydrogen-bond donors (Lipinski definition) is 0. The molecular formula is C18H18Cl2F3N5O3. The molecule has 1 amide bonds. The Morgan fingerprint density at radius 3 is 2.26 bits per heavy atom. The third kappa shape index (κ3) is 5.10. The Hall–Kier alpha value is -2.37. The van der Waals surface area contributed by atoms with Gasteiger partial charge in [0.2, 0.25) is 11.6 Å². The number of rotatable bonds is 5. The van der Waals surface area contributed by atoms with Crippen molar-refractivity contribution >= 4 is 34.8 Å². The third-order valence-electron chi connectivity index (χ3n) is 5.08. The van der Waals surface area contributed by atoms with E-state index in [2.05, 4.69) is 10.00 Å². The van der Waals surface area contributed by atoms with Crippen LogP contribution in [0, 0.1) is 17.0 Å². The molecular weight excluding hydrogens is 462 g/mol. The Balaban J connectivity index is 1.65. The topological polar surface area (TPSA) is 84.5 Å². The highest BCUT2D eigenvalue weighted by Crippen LogP contribution is 2.37. The van der Waals surface area contributed by atoms with Crippen LogP contribution in [-0.2, 0) is 24.1 Å². The minimum atomic E-state index is -4.99. The molecule has 31 heavy (non-hydrogen) atoms. The molecule has 0 spiro atoms. The van der Waals surface area contributed by atoms with E-state index in [1.165, 1.54) is 4.90 Å². The number of alkyl halides is 3. The Bertz CT molecular complexity index is 984. The molecule has 0 bridgehead atoms. The van der Waals surface area contributed by atoms with E-state index in [1.54, 1.807) is 18.2 Å². The predicted octanol–water partition coefficient (Wildman–Crippen LogP) is 3.77. The molecule has 0 atom stereocenters. The number of carbonyl (C=O) groups excluding carboxylic acids is 1. The van der Waals surface area contributed by atoms with Crippen molar-refractivity contribution in [2.75, 3.05) is 26.2 Å². The lowest BCUT2D eigenvalue weighted by Gasteiger charge is -2.35. The highest BCUT2D eigenvalue weighted by atomic mass is 35.5. The second kappa shape index (κ2) is 9.01. The summed E-state index contributed by atoms with van der Waals surface area (Å²) in [5.41, 5.74) is -2.28. The summed E-state index contributed by atoms with van der Waals surface area (Å²) in [6.07, 6.45) is -4.99. The quantitative estimate of drug-likeness (QED) is 0.481. The van der Waals surface area contributed by atoms with Gasteiger partial charge in [0.05, 0.1) is 4.92 Å². The molecule has 1 aliphatic heterocycles. The van der Waals surface area contributed by atoms with Gasteiger partial charge in [-0.15, -0.1) is 0 Å². The molecule has 2 heterocycles.